The number of aliphatic hydroxyl groups excluding tert-OH is 1. The Balaban J connectivity index is 1.54. The van der Waals surface area contributed by atoms with Gasteiger partial charge in [0.05, 0.1) is 23.8 Å². The van der Waals surface area contributed by atoms with Gasteiger partial charge in [-0.15, -0.1) is 0 Å². The molecule has 2 aliphatic rings. The molecule has 1 aliphatic carbocycles. The summed E-state index contributed by atoms with van der Waals surface area (Å²) in [5, 5.41) is 12.7. The molecular formula is C28H34F3N3O4. The third-order valence-electron chi connectivity index (χ3n) is 7.11. The monoisotopic (exact) mass is 533 g/mol. The molecule has 7 nitrogen and oxygen atoms in total. The fourth-order valence-corrected chi connectivity index (χ4v) is 4.59. The molecule has 0 aromatic heterocycles. The van der Waals surface area contributed by atoms with Crippen molar-refractivity contribution in [1.82, 2.24) is 9.80 Å². The smallest absolute Gasteiger partial charge is 0.416 e. The lowest BCUT2D eigenvalue weighted by Crippen LogP contribution is -2.49. The number of aliphatic hydroxyl groups is 1. The highest BCUT2D eigenvalue weighted by Gasteiger charge is 2.35. The first-order valence-corrected chi connectivity index (χ1v) is 12.8. The average molecular weight is 534 g/mol. The second-order valence-electron chi connectivity index (χ2n) is 10.5. The van der Waals surface area contributed by atoms with Crippen LogP contribution in [-0.2, 0) is 17.5 Å². The number of benzene rings is 2. The van der Waals surface area contributed by atoms with Crippen molar-refractivity contribution in [1.29, 1.82) is 0 Å². The zero-order chi connectivity index (χ0) is 27.6. The standard InChI is InChI=1S/C28H34F3N3O4/c1-17-13-34(18(2)16-35)27(37)23-12-22(32-26(36)20-6-7-20)10-11-24(23)38-25(17)15-33(3)14-19-4-8-21(9-5-19)28(29,30)31/h4-5,8-12,17-18,20,25,35H,6-7,13-16H2,1-3H3,(H,32,36)/t17-,18+,25+/m1/s1. The summed E-state index contributed by atoms with van der Waals surface area (Å²) >= 11 is 0. The molecule has 2 N–H and O–H groups in total. The maximum absolute atomic E-state index is 13.5. The molecule has 2 aromatic carbocycles. The maximum atomic E-state index is 13.5. The van der Waals surface area contributed by atoms with Gasteiger partial charge in [0, 0.05) is 37.2 Å². The summed E-state index contributed by atoms with van der Waals surface area (Å²) in [6, 6.07) is 9.68. The molecule has 0 saturated heterocycles. The van der Waals surface area contributed by atoms with Gasteiger partial charge < -0.3 is 20.1 Å². The molecule has 0 radical (unpaired) electrons. The Kier molecular flexibility index (Phi) is 8.32. The van der Waals surface area contributed by atoms with Gasteiger partial charge in [-0.05, 0) is 62.7 Å². The molecule has 1 heterocycles. The first kappa shape index (κ1) is 27.9. The van der Waals surface area contributed by atoms with Crippen LogP contribution in [0, 0.1) is 11.8 Å². The van der Waals surface area contributed by atoms with Gasteiger partial charge in [0.1, 0.15) is 11.9 Å². The first-order chi connectivity index (χ1) is 18.0. The van der Waals surface area contributed by atoms with Crippen LogP contribution in [0.25, 0.3) is 0 Å². The number of anilines is 1. The molecular weight excluding hydrogens is 499 g/mol. The maximum Gasteiger partial charge on any atom is 0.416 e. The Bertz CT molecular complexity index is 1150. The van der Waals surface area contributed by atoms with E-state index < -0.39 is 17.8 Å². The van der Waals surface area contributed by atoms with E-state index in [-0.39, 0.29) is 36.4 Å². The van der Waals surface area contributed by atoms with E-state index in [4.69, 9.17) is 4.74 Å². The average Bonchev–Trinajstić information content (AvgIpc) is 3.71. The number of carbonyl (C=O) groups is 2. The van der Waals surface area contributed by atoms with Crippen LogP contribution in [-0.4, -0.2) is 65.6 Å². The highest BCUT2D eigenvalue weighted by molar-refractivity contribution is 6.00. The van der Waals surface area contributed by atoms with Crippen molar-refractivity contribution in [3.63, 3.8) is 0 Å². The van der Waals surface area contributed by atoms with Crippen LogP contribution >= 0.6 is 0 Å². The number of fused-ring (bicyclic) bond motifs is 1. The minimum absolute atomic E-state index is 0.0142. The molecule has 2 aromatic rings. The topological polar surface area (TPSA) is 82.1 Å². The number of ether oxygens (including phenoxy) is 1. The molecule has 0 spiro atoms. The summed E-state index contributed by atoms with van der Waals surface area (Å²) < 4.78 is 45.1. The Labute approximate surface area is 220 Å². The Morgan fingerprint density at radius 2 is 1.89 bits per heavy atom. The SMILES string of the molecule is C[C@@H]1CN([C@@H](C)CO)C(=O)c2cc(NC(=O)C3CC3)ccc2O[C@H]1CN(C)Cc1ccc(C(F)(F)F)cc1. The largest absolute Gasteiger partial charge is 0.488 e. The van der Waals surface area contributed by atoms with Crippen LogP contribution in [0.4, 0.5) is 18.9 Å². The lowest BCUT2D eigenvalue weighted by atomic mass is 9.99. The van der Waals surface area contributed by atoms with E-state index in [1.807, 2.05) is 18.9 Å². The fraction of sp³-hybridized carbons (Fsp3) is 0.500. The van der Waals surface area contributed by atoms with Crippen LogP contribution in [0.2, 0.25) is 0 Å². The van der Waals surface area contributed by atoms with Crippen LogP contribution in [0.3, 0.4) is 0 Å². The minimum atomic E-state index is -4.38. The minimum Gasteiger partial charge on any atom is -0.488 e. The van der Waals surface area contributed by atoms with Crippen molar-refractivity contribution in [3.05, 3.63) is 59.2 Å². The second kappa shape index (κ2) is 11.3. The van der Waals surface area contributed by atoms with E-state index in [1.54, 1.807) is 30.0 Å². The molecule has 2 amide bonds. The van der Waals surface area contributed by atoms with Gasteiger partial charge in [-0.25, -0.2) is 0 Å². The van der Waals surface area contributed by atoms with Gasteiger partial charge in [-0.3, -0.25) is 14.5 Å². The normalized spacial score (nSPS) is 20.8. The van der Waals surface area contributed by atoms with E-state index >= 15 is 0 Å². The summed E-state index contributed by atoms with van der Waals surface area (Å²) in [6.07, 6.45) is -3.00. The number of carbonyl (C=O) groups excluding carboxylic acids is 2. The van der Waals surface area contributed by atoms with Gasteiger partial charge in [-0.2, -0.15) is 13.2 Å². The number of nitrogens with one attached hydrogen (secondary N) is 1. The zero-order valence-corrected chi connectivity index (χ0v) is 21.8. The van der Waals surface area contributed by atoms with Crippen molar-refractivity contribution in [2.24, 2.45) is 11.8 Å². The Hall–Kier alpha value is -3.11. The first-order valence-electron chi connectivity index (χ1n) is 12.8. The highest BCUT2D eigenvalue weighted by Crippen LogP contribution is 2.33. The lowest BCUT2D eigenvalue weighted by molar-refractivity contribution is -0.137. The highest BCUT2D eigenvalue weighted by atomic mass is 19.4. The van der Waals surface area contributed by atoms with Crippen molar-refractivity contribution in [2.45, 2.75) is 51.6 Å². The molecule has 1 aliphatic heterocycles. The quantitative estimate of drug-likeness (QED) is 0.526. The fourth-order valence-electron chi connectivity index (χ4n) is 4.59. The zero-order valence-electron chi connectivity index (χ0n) is 21.8. The number of likely N-dealkylation sites (N-methyl/N-ethyl adjacent to an activating group) is 1. The summed E-state index contributed by atoms with van der Waals surface area (Å²) in [4.78, 5) is 29.4. The van der Waals surface area contributed by atoms with Gasteiger partial charge in [0.15, 0.2) is 0 Å². The summed E-state index contributed by atoms with van der Waals surface area (Å²) in [7, 11) is 1.86. The predicted octanol–water partition coefficient (Wildman–Crippen LogP) is 4.41. The van der Waals surface area contributed by atoms with Crippen molar-refractivity contribution < 1.29 is 32.6 Å². The molecule has 3 atom stereocenters. The van der Waals surface area contributed by atoms with Crippen molar-refractivity contribution >= 4 is 17.5 Å². The number of hydrogen-bond donors (Lipinski definition) is 2. The molecule has 1 fully saturated rings. The second-order valence-corrected chi connectivity index (χ2v) is 10.5. The van der Waals surface area contributed by atoms with Crippen LogP contribution < -0.4 is 10.1 Å². The third-order valence-corrected chi connectivity index (χ3v) is 7.11. The van der Waals surface area contributed by atoms with Crippen LogP contribution in [0.1, 0.15) is 48.2 Å². The van der Waals surface area contributed by atoms with Gasteiger partial charge in [-0.1, -0.05) is 19.1 Å². The van der Waals surface area contributed by atoms with E-state index in [2.05, 4.69) is 5.32 Å². The van der Waals surface area contributed by atoms with Gasteiger partial charge in [0.25, 0.3) is 5.91 Å². The number of rotatable bonds is 8. The lowest BCUT2D eigenvalue weighted by Gasteiger charge is -2.38. The number of amides is 2. The number of nitrogens with zero attached hydrogens (tertiary/aromatic N) is 2. The van der Waals surface area contributed by atoms with E-state index in [1.165, 1.54) is 12.1 Å². The van der Waals surface area contributed by atoms with Crippen LogP contribution in [0.15, 0.2) is 42.5 Å². The molecule has 0 bridgehead atoms. The Morgan fingerprint density at radius 1 is 1.21 bits per heavy atom. The number of halogens is 3. The van der Waals surface area contributed by atoms with E-state index in [0.717, 1.165) is 30.5 Å². The van der Waals surface area contributed by atoms with E-state index in [9.17, 15) is 27.9 Å². The molecule has 10 heteroatoms. The predicted molar refractivity (Wildman–Crippen MR) is 137 cm³/mol. The van der Waals surface area contributed by atoms with Crippen LogP contribution in [0.5, 0.6) is 5.75 Å². The van der Waals surface area contributed by atoms with Crippen molar-refractivity contribution in [2.75, 3.05) is 32.1 Å². The molecule has 38 heavy (non-hydrogen) atoms. The summed E-state index contributed by atoms with van der Waals surface area (Å²) in [5.74, 6) is -0.0617. The summed E-state index contributed by atoms with van der Waals surface area (Å²) in [5.41, 5.74) is 0.870. The molecule has 206 valence electrons. The molecule has 4 rings (SSSR count). The number of alkyl halides is 3. The third kappa shape index (κ3) is 6.66. The molecule has 0 unspecified atom stereocenters. The van der Waals surface area contributed by atoms with Gasteiger partial charge in [0.2, 0.25) is 5.91 Å². The Morgan fingerprint density at radius 3 is 2.50 bits per heavy atom. The van der Waals surface area contributed by atoms with Crippen molar-refractivity contribution in [3.8, 4) is 5.75 Å². The van der Waals surface area contributed by atoms with E-state index in [0.29, 0.717) is 36.6 Å². The molecule has 1 saturated carbocycles. The summed E-state index contributed by atoms with van der Waals surface area (Å²) in [6.45, 7) is 4.76. The number of hydrogen-bond acceptors (Lipinski definition) is 5. The van der Waals surface area contributed by atoms with Gasteiger partial charge >= 0.3 is 6.18 Å².